The number of rotatable bonds is 7. The molecular formula is C35H30N10O. The number of benzene rings is 2. The first-order valence-corrected chi connectivity index (χ1v) is 15.1. The maximum absolute atomic E-state index is 12.6. The largest absolute Gasteiger partial charge is 0.383 e. The zero-order valence-electron chi connectivity index (χ0n) is 24.9. The standard InChI is InChI=1S/C35H30N10O/c36-21-31-38-18-14-30(41-31)35(46)40-25-15-19-44(20-16-25)22-23-8-10-26(11-9-23)45-33(27-7-4-17-39-32(27)37)43-29-13-12-28(42-34(29)45)24-5-2-1-3-6-24/h1-14,17-18,25H,15-16,19-20,22H2,(H2,37,39)(H,40,46). The number of nitrogens with one attached hydrogen (secondary N) is 1. The van der Waals surface area contributed by atoms with Gasteiger partial charge in [0, 0.05) is 49.3 Å². The molecular weight excluding hydrogens is 576 g/mol. The number of nitrogens with zero attached hydrogens (tertiary/aromatic N) is 8. The number of fused-ring (bicyclic) bond motifs is 1. The van der Waals surface area contributed by atoms with Crippen molar-refractivity contribution in [3.8, 4) is 34.4 Å². The molecule has 0 radical (unpaired) electrons. The van der Waals surface area contributed by atoms with Crippen molar-refractivity contribution in [2.75, 3.05) is 18.8 Å². The highest BCUT2D eigenvalue weighted by molar-refractivity contribution is 5.92. The Morgan fingerprint density at radius 3 is 2.46 bits per heavy atom. The van der Waals surface area contributed by atoms with Gasteiger partial charge in [0.15, 0.2) is 11.5 Å². The van der Waals surface area contributed by atoms with Crippen molar-refractivity contribution in [1.82, 2.24) is 39.7 Å². The van der Waals surface area contributed by atoms with Gasteiger partial charge in [0.2, 0.25) is 5.82 Å². The summed E-state index contributed by atoms with van der Waals surface area (Å²) in [6.45, 7) is 2.49. The normalized spacial score (nSPS) is 13.8. The molecule has 11 nitrogen and oxygen atoms in total. The van der Waals surface area contributed by atoms with Gasteiger partial charge in [-0.25, -0.2) is 24.9 Å². The predicted octanol–water partition coefficient (Wildman–Crippen LogP) is 4.79. The third kappa shape index (κ3) is 5.89. The summed E-state index contributed by atoms with van der Waals surface area (Å²) in [5.74, 6) is 0.793. The third-order valence-corrected chi connectivity index (χ3v) is 8.17. The van der Waals surface area contributed by atoms with Crippen LogP contribution in [0.5, 0.6) is 0 Å². The molecule has 2 aromatic carbocycles. The lowest BCUT2D eigenvalue weighted by molar-refractivity contribution is 0.0903. The molecule has 0 saturated carbocycles. The number of piperidine rings is 1. The number of carbonyl (C=O) groups excluding carboxylic acids is 1. The molecule has 6 aromatic rings. The number of hydrogen-bond acceptors (Lipinski definition) is 9. The van der Waals surface area contributed by atoms with Gasteiger partial charge in [-0.15, -0.1) is 0 Å². The van der Waals surface area contributed by atoms with E-state index in [1.807, 2.05) is 65.2 Å². The van der Waals surface area contributed by atoms with Crippen LogP contribution in [0.1, 0.15) is 34.7 Å². The fraction of sp³-hybridized carbons (Fsp3) is 0.171. The van der Waals surface area contributed by atoms with Gasteiger partial charge in [-0.2, -0.15) is 5.26 Å². The van der Waals surface area contributed by atoms with E-state index in [2.05, 4.69) is 49.4 Å². The molecule has 1 amide bonds. The Bertz CT molecular complexity index is 2060. The lowest BCUT2D eigenvalue weighted by Gasteiger charge is -2.32. The Kier molecular flexibility index (Phi) is 7.85. The van der Waals surface area contributed by atoms with Crippen molar-refractivity contribution in [3.05, 3.63) is 114 Å². The van der Waals surface area contributed by atoms with E-state index in [1.165, 1.54) is 17.8 Å². The summed E-state index contributed by atoms with van der Waals surface area (Å²) in [6.07, 6.45) is 4.75. The number of imidazole rings is 1. The van der Waals surface area contributed by atoms with E-state index >= 15 is 0 Å². The summed E-state index contributed by atoms with van der Waals surface area (Å²) in [5.41, 5.74) is 12.8. The average Bonchev–Trinajstić information content (AvgIpc) is 3.48. The third-order valence-electron chi connectivity index (χ3n) is 8.17. The topological polar surface area (TPSA) is 152 Å². The zero-order valence-corrected chi connectivity index (χ0v) is 24.9. The molecule has 1 aliphatic heterocycles. The van der Waals surface area contributed by atoms with E-state index in [0.29, 0.717) is 11.6 Å². The van der Waals surface area contributed by atoms with E-state index in [4.69, 9.17) is 21.0 Å². The molecule has 0 aliphatic carbocycles. The average molecular weight is 607 g/mol. The molecule has 0 unspecified atom stereocenters. The van der Waals surface area contributed by atoms with Gasteiger partial charge >= 0.3 is 0 Å². The molecule has 7 rings (SSSR count). The predicted molar refractivity (Wildman–Crippen MR) is 174 cm³/mol. The number of nitrogens with two attached hydrogens (primary N) is 1. The number of hydrogen-bond donors (Lipinski definition) is 2. The van der Waals surface area contributed by atoms with Crippen LogP contribution in [0.25, 0.3) is 39.5 Å². The first kappa shape index (κ1) is 28.8. The minimum atomic E-state index is -0.280. The van der Waals surface area contributed by atoms with E-state index < -0.39 is 0 Å². The maximum atomic E-state index is 12.6. The molecule has 0 spiro atoms. The number of likely N-dealkylation sites (tertiary alicyclic amines) is 1. The molecule has 1 fully saturated rings. The summed E-state index contributed by atoms with van der Waals surface area (Å²) in [7, 11) is 0. The molecule has 11 heteroatoms. The highest BCUT2D eigenvalue weighted by Crippen LogP contribution is 2.32. The lowest BCUT2D eigenvalue weighted by Crippen LogP contribution is -2.44. The number of nitrogen functional groups attached to an aromatic ring is 1. The molecule has 0 atom stereocenters. The van der Waals surface area contributed by atoms with Crippen molar-refractivity contribution >= 4 is 22.9 Å². The summed E-state index contributed by atoms with van der Waals surface area (Å²) >= 11 is 0. The molecule has 226 valence electrons. The molecule has 0 bridgehead atoms. The molecule has 46 heavy (non-hydrogen) atoms. The Hall–Kier alpha value is -5.99. The second kappa shape index (κ2) is 12.6. The molecule has 5 heterocycles. The fourth-order valence-electron chi connectivity index (χ4n) is 5.80. The number of pyridine rings is 2. The van der Waals surface area contributed by atoms with Crippen LogP contribution in [0.15, 0.2) is 97.3 Å². The van der Waals surface area contributed by atoms with Gasteiger partial charge in [0.05, 0.1) is 11.3 Å². The number of nitriles is 1. The van der Waals surface area contributed by atoms with Gasteiger partial charge in [-0.3, -0.25) is 14.3 Å². The van der Waals surface area contributed by atoms with E-state index in [1.54, 1.807) is 6.20 Å². The van der Waals surface area contributed by atoms with Gasteiger partial charge < -0.3 is 11.1 Å². The monoisotopic (exact) mass is 606 g/mol. The summed E-state index contributed by atoms with van der Waals surface area (Å²) in [5, 5.41) is 12.1. The van der Waals surface area contributed by atoms with Crippen LogP contribution in [0.2, 0.25) is 0 Å². The SMILES string of the molecule is N#Cc1nccc(C(=O)NC2CCN(Cc3ccc(-n4c(-c5cccnc5N)nc5ccc(-c6ccccc6)nc54)cc3)CC2)n1. The molecule has 3 N–H and O–H groups in total. The number of anilines is 1. The van der Waals surface area contributed by atoms with Crippen LogP contribution in [0.4, 0.5) is 5.82 Å². The summed E-state index contributed by atoms with van der Waals surface area (Å²) < 4.78 is 2.05. The number of carbonyl (C=O) groups is 1. The molecule has 1 saturated heterocycles. The van der Waals surface area contributed by atoms with Crippen molar-refractivity contribution in [2.24, 2.45) is 0 Å². The van der Waals surface area contributed by atoms with Crippen molar-refractivity contribution < 1.29 is 4.79 Å². The maximum Gasteiger partial charge on any atom is 0.270 e. The highest BCUT2D eigenvalue weighted by atomic mass is 16.1. The number of amides is 1. The smallest absolute Gasteiger partial charge is 0.270 e. The van der Waals surface area contributed by atoms with Crippen LogP contribution in [0, 0.1) is 11.3 Å². The molecule has 4 aromatic heterocycles. The first-order valence-electron chi connectivity index (χ1n) is 15.1. The Morgan fingerprint density at radius 1 is 0.891 bits per heavy atom. The van der Waals surface area contributed by atoms with Crippen LogP contribution >= 0.6 is 0 Å². The fourth-order valence-corrected chi connectivity index (χ4v) is 5.80. The van der Waals surface area contributed by atoms with Gasteiger partial charge in [0.1, 0.15) is 23.1 Å². The Morgan fingerprint density at radius 2 is 1.70 bits per heavy atom. The minimum Gasteiger partial charge on any atom is -0.383 e. The van der Waals surface area contributed by atoms with Crippen molar-refractivity contribution in [1.29, 1.82) is 5.26 Å². The first-order chi connectivity index (χ1) is 22.6. The second-order valence-electron chi connectivity index (χ2n) is 11.2. The summed E-state index contributed by atoms with van der Waals surface area (Å²) in [6, 6.07) is 29.7. The Labute approximate surface area is 265 Å². The van der Waals surface area contributed by atoms with Crippen molar-refractivity contribution in [2.45, 2.75) is 25.4 Å². The van der Waals surface area contributed by atoms with Crippen LogP contribution in [-0.2, 0) is 6.54 Å². The van der Waals surface area contributed by atoms with Crippen LogP contribution in [0.3, 0.4) is 0 Å². The molecule has 1 aliphatic rings. The van der Waals surface area contributed by atoms with Crippen LogP contribution < -0.4 is 11.1 Å². The number of aromatic nitrogens is 6. The van der Waals surface area contributed by atoms with Crippen LogP contribution in [-0.4, -0.2) is 59.4 Å². The van der Waals surface area contributed by atoms with Gasteiger partial charge in [-0.1, -0.05) is 42.5 Å². The quantitative estimate of drug-likeness (QED) is 0.261. The zero-order chi connectivity index (χ0) is 31.5. The van der Waals surface area contributed by atoms with Crippen molar-refractivity contribution in [3.63, 3.8) is 0 Å². The minimum absolute atomic E-state index is 0.0136. The van der Waals surface area contributed by atoms with E-state index in [9.17, 15) is 4.79 Å². The van der Waals surface area contributed by atoms with Gasteiger partial charge in [0.25, 0.3) is 5.91 Å². The second-order valence-corrected chi connectivity index (χ2v) is 11.2. The van der Waals surface area contributed by atoms with Gasteiger partial charge in [-0.05, 0) is 60.9 Å². The van der Waals surface area contributed by atoms with E-state index in [-0.39, 0.29) is 23.5 Å². The van der Waals surface area contributed by atoms with E-state index in [0.717, 1.165) is 66.1 Å². The lowest BCUT2D eigenvalue weighted by atomic mass is 10.0. The highest BCUT2D eigenvalue weighted by Gasteiger charge is 2.23. The summed E-state index contributed by atoms with van der Waals surface area (Å²) in [4.78, 5) is 37.2. The Balaban J connectivity index is 1.09.